The maximum absolute atomic E-state index is 11.5. The SMILES string of the molecule is CCCCOC(=O)c1c(O)cc(C)[nH]c1=O. The Balaban J connectivity index is 2.87. The molecular formula is C11H15NO4. The van der Waals surface area contributed by atoms with Crippen molar-refractivity contribution >= 4 is 5.97 Å². The topological polar surface area (TPSA) is 79.4 Å². The van der Waals surface area contributed by atoms with Crippen molar-refractivity contribution in [3.8, 4) is 5.75 Å². The number of rotatable bonds is 4. The molecule has 0 unspecified atom stereocenters. The lowest BCUT2D eigenvalue weighted by molar-refractivity contribution is 0.0494. The number of H-pyrrole nitrogens is 1. The van der Waals surface area contributed by atoms with Crippen LogP contribution in [0.2, 0.25) is 0 Å². The third-order valence-corrected chi connectivity index (χ3v) is 2.08. The first-order valence-corrected chi connectivity index (χ1v) is 5.16. The number of nitrogens with one attached hydrogen (secondary N) is 1. The molecule has 1 aromatic rings. The number of carbonyl (C=O) groups is 1. The monoisotopic (exact) mass is 225 g/mol. The highest BCUT2D eigenvalue weighted by atomic mass is 16.5. The Hall–Kier alpha value is -1.78. The third-order valence-electron chi connectivity index (χ3n) is 2.08. The van der Waals surface area contributed by atoms with Gasteiger partial charge in [-0.25, -0.2) is 4.79 Å². The highest BCUT2D eigenvalue weighted by Gasteiger charge is 2.17. The predicted octanol–water partition coefficient (Wildman–Crippen LogP) is 1.35. The minimum Gasteiger partial charge on any atom is -0.507 e. The Bertz CT molecular complexity index is 436. The number of hydrogen-bond acceptors (Lipinski definition) is 4. The number of unbranched alkanes of at least 4 members (excludes halogenated alkanes) is 1. The predicted molar refractivity (Wildman–Crippen MR) is 58.7 cm³/mol. The lowest BCUT2D eigenvalue weighted by atomic mass is 10.2. The maximum atomic E-state index is 11.5. The maximum Gasteiger partial charge on any atom is 0.347 e. The molecule has 0 aliphatic rings. The Morgan fingerprint density at radius 1 is 1.56 bits per heavy atom. The van der Waals surface area contributed by atoms with Gasteiger partial charge in [-0.05, 0) is 13.3 Å². The smallest absolute Gasteiger partial charge is 0.347 e. The summed E-state index contributed by atoms with van der Waals surface area (Å²) in [6.07, 6.45) is 1.62. The van der Waals surface area contributed by atoms with Gasteiger partial charge in [0.05, 0.1) is 6.61 Å². The molecule has 5 nitrogen and oxygen atoms in total. The van der Waals surface area contributed by atoms with Crippen molar-refractivity contribution in [1.29, 1.82) is 0 Å². The summed E-state index contributed by atoms with van der Waals surface area (Å²) in [6, 6.07) is 1.32. The van der Waals surface area contributed by atoms with E-state index in [-0.39, 0.29) is 17.9 Å². The summed E-state index contributed by atoms with van der Waals surface area (Å²) in [4.78, 5) is 25.3. The number of esters is 1. The van der Waals surface area contributed by atoms with Gasteiger partial charge in [-0.15, -0.1) is 0 Å². The highest BCUT2D eigenvalue weighted by molar-refractivity contribution is 5.91. The van der Waals surface area contributed by atoms with E-state index in [1.807, 2.05) is 6.92 Å². The van der Waals surface area contributed by atoms with Crippen molar-refractivity contribution < 1.29 is 14.6 Å². The molecule has 0 aliphatic carbocycles. The lowest BCUT2D eigenvalue weighted by Crippen LogP contribution is -2.20. The average Bonchev–Trinajstić information content (AvgIpc) is 2.16. The molecule has 0 spiro atoms. The van der Waals surface area contributed by atoms with E-state index in [2.05, 4.69) is 4.98 Å². The van der Waals surface area contributed by atoms with Crippen LogP contribution in [0.5, 0.6) is 5.75 Å². The molecule has 0 radical (unpaired) electrons. The first-order chi connectivity index (χ1) is 7.56. The summed E-state index contributed by atoms with van der Waals surface area (Å²) >= 11 is 0. The number of ether oxygens (including phenoxy) is 1. The summed E-state index contributed by atoms with van der Waals surface area (Å²) < 4.78 is 4.85. The summed E-state index contributed by atoms with van der Waals surface area (Å²) in [5.41, 5.74) is -0.465. The molecule has 88 valence electrons. The number of hydrogen-bond donors (Lipinski definition) is 2. The molecule has 5 heteroatoms. The minimum absolute atomic E-state index is 0.252. The fraction of sp³-hybridized carbons (Fsp3) is 0.455. The van der Waals surface area contributed by atoms with Crippen LogP contribution in [0.3, 0.4) is 0 Å². The molecule has 2 N–H and O–H groups in total. The molecule has 0 amide bonds. The average molecular weight is 225 g/mol. The minimum atomic E-state index is -0.785. The van der Waals surface area contributed by atoms with Crippen LogP contribution in [0.25, 0.3) is 0 Å². The molecule has 0 aromatic carbocycles. The molecule has 1 aromatic heterocycles. The number of pyridine rings is 1. The van der Waals surface area contributed by atoms with Crippen LogP contribution >= 0.6 is 0 Å². The van der Waals surface area contributed by atoms with E-state index in [1.165, 1.54) is 6.07 Å². The van der Waals surface area contributed by atoms with E-state index in [0.29, 0.717) is 5.69 Å². The molecule has 16 heavy (non-hydrogen) atoms. The van der Waals surface area contributed by atoms with Gasteiger partial charge < -0.3 is 14.8 Å². The fourth-order valence-electron chi connectivity index (χ4n) is 1.25. The largest absolute Gasteiger partial charge is 0.507 e. The normalized spacial score (nSPS) is 10.1. The van der Waals surface area contributed by atoms with Crippen LogP contribution in [0, 0.1) is 6.92 Å². The van der Waals surface area contributed by atoms with E-state index >= 15 is 0 Å². The molecule has 0 saturated carbocycles. The lowest BCUT2D eigenvalue weighted by Gasteiger charge is -2.05. The van der Waals surface area contributed by atoms with Crippen molar-refractivity contribution in [3.63, 3.8) is 0 Å². The van der Waals surface area contributed by atoms with Crippen LogP contribution < -0.4 is 5.56 Å². The summed E-state index contributed by atoms with van der Waals surface area (Å²) in [6.45, 7) is 3.83. The molecule has 0 aliphatic heterocycles. The zero-order valence-electron chi connectivity index (χ0n) is 9.37. The Morgan fingerprint density at radius 2 is 2.25 bits per heavy atom. The van der Waals surface area contributed by atoms with Crippen LogP contribution in [0.4, 0.5) is 0 Å². The molecule has 1 heterocycles. The van der Waals surface area contributed by atoms with Crippen molar-refractivity contribution in [2.24, 2.45) is 0 Å². The van der Waals surface area contributed by atoms with Gasteiger partial charge in [-0.2, -0.15) is 0 Å². The van der Waals surface area contributed by atoms with Gasteiger partial charge in [0.2, 0.25) is 0 Å². The van der Waals surface area contributed by atoms with Gasteiger partial charge >= 0.3 is 5.97 Å². The van der Waals surface area contributed by atoms with E-state index in [0.717, 1.165) is 12.8 Å². The number of aromatic nitrogens is 1. The van der Waals surface area contributed by atoms with Crippen LogP contribution in [0.15, 0.2) is 10.9 Å². The zero-order valence-corrected chi connectivity index (χ0v) is 9.37. The summed E-state index contributed by atoms with van der Waals surface area (Å²) in [7, 11) is 0. The molecule has 0 bridgehead atoms. The fourth-order valence-corrected chi connectivity index (χ4v) is 1.25. The molecule has 1 rings (SSSR count). The quantitative estimate of drug-likeness (QED) is 0.598. The van der Waals surface area contributed by atoms with Gasteiger partial charge in [0, 0.05) is 11.8 Å². The van der Waals surface area contributed by atoms with Crippen molar-refractivity contribution in [2.75, 3.05) is 6.61 Å². The summed E-state index contributed by atoms with van der Waals surface area (Å²) in [5.74, 6) is -1.13. The Morgan fingerprint density at radius 3 is 2.81 bits per heavy atom. The first-order valence-electron chi connectivity index (χ1n) is 5.16. The highest BCUT2D eigenvalue weighted by Crippen LogP contribution is 2.13. The number of aromatic hydroxyl groups is 1. The van der Waals surface area contributed by atoms with Crippen molar-refractivity contribution in [3.05, 3.63) is 27.7 Å². The second-order valence-electron chi connectivity index (χ2n) is 3.53. The van der Waals surface area contributed by atoms with Crippen molar-refractivity contribution in [2.45, 2.75) is 26.7 Å². The number of aryl methyl sites for hydroxylation is 1. The van der Waals surface area contributed by atoms with E-state index < -0.39 is 11.5 Å². The number of aromatic amines is 1. The van der Waals surface area contributed by atoms with Crippen LogP contribution in [-0.2, 0) is 4.74 Å². The van der Waals surface area contributed by atoms with Gasteiger partial charge in [-0.1, -0.05) is 13.3 Å². The molecular weight excluding hydrogens is 210 g/mol. The van der Waals surface area contributed by atoms with Gasteiger partial charge in [-0.3, -0.25) is 4.79 Å². The molecule has 0 fully saturated rings. The second-order valence-corrected chi connectivity index (χ2v) is 3.53. The van der Waals surface area contributed by atoms with Crippen LogP contribution in [-0.4, -0.2) is 22.7 Å². The summed E-state index contributed by atoms with van der Waals surface area (Å²) in [5, 5.41) is 9.48. The van der Waals surface area contributed by atoms with Crippen molar-refractivity contribution in [1.82, 2.24) is 4.98 Å². The van der Waals surface area contributed by atoms with Gasteiger partial charge in [0.15, 0.2) is 5.56 Å². The van der Waals surface area contributed by atoms with E-state index in [4.69, 9.17) is 4.74 Å². The van der Waals surface area contributed by atoms with Gasteiger partial charge in [0.1, 0.15) is 5.75 Å². The van der Waals surface area contributed by atoms with E-state index in [1.54, 1.807) is 6.92 Å². The zero-order chi connectivity index (χ0) is 12.1. The Labute approximate surface area is 93.1 Å². The first kappa shape index (κ1) is 12.3. The molecule has 0 atom stereocenters. The molecule has 0 saturated heterocycles. The number of carbonyl (C=O) groups excluding carboxylic acids is 1. The third kappa shape index (κ3) is 2.85. The van der Waals surface area contributed by atoms with Gasteiger partial charge in [0.25, 0.3) is 5.56 Å². The van der Waals surface area contributed by atoms with Crippen LogP contribution in [0.1, 0.15) is 35.8 Å². The standard InChI is InChI=1S/C11H15NO4/c1-3-4-5-16-11(15)9-8(13)6-7(2)12-10(9)14/h6H,3-5H2,1-2H3,(H2,12,13,14). The Kier molecular flexibility index (Phi) is 4.10. The van der Waals surface area contributed by atoms with E-state index in [9.17, 15) is 14.7 Å². The second kappa shape index (κ2) is 5.34.